The third kappa shape index (κ3) is 2.51. The van der Waals surface area contributed by atoms with Crippen LogP contribution in [0.25, 0.3) is 10.2 Å². The van der Waals surface area contributed by atoms with Gasteiger partial charge in [-0.15, -0.1) is 0 Å². The summed E-state index contributed by atoms with van der Waals surface area (Å²) in [7, 11) is 0. The number of hydrogen-bond acceptors (Lipinski definition) is 4. The summed E-state index contributed by atoms with van der Waals surface area (Å²) in [5.41, 5.74) is 2.25. The lowest BCUT2D eigenvalue weighted by atomic mass is 10.0. The highest BCUT2D eigenvalue weighted by molar-refractivity contribution is 7.22. The van der Waals surface area contributed by atoms with Gasteiger partial charge in [0.15, 0.2) is 5.13 Å². The first-order chi connectivity index (χ1) is 10.2. The van der Waals surface area contributed by atoms with Gasteiger partial charge in [-0.05, 0) is 30.7 Å². The maximum Gasteiger partial charge on any atom is 0.186 e. The van der Waals surface area contributed by atoms with Crippen molar-refractivity contribution in [3.63, 3.8) is 0 Å². The molecule has 6 heteroatoms. The van der Waals surface area contributed by atoms with Crippen molar-refractivity contribution in [2.45, 2.75) is 13.5 Å². The lowest BCUT2D eigenvalue weighted by Crippen LogP contribution is -2.48. The molecule has 0 atom stereocenters. The van der Waals surface area contributed by atoms with Crippen LogP contribution in [0, 0.1) is 12.8 Å². The summed E-state index contributed by atoms with van der Waals surface area (Å²) in [6.07, 6.45) is 4.01. The molecule has 1 aromatic carbocycles. The van der Waals surface area contributed by atoms with E-state index in [0.29, 0.717) is 5.92 Å². The summed E-state index contributed by atoms with van der Waals surface area (Å²) in [4.78, 5) is 7.02. The van der Waals surface area contributed by atoms with E-state index in [-0.39, 0.29) is 0 Å². The smallest absolute Gasteiger partial charge is 0.186 e. The van der Waals surface area contributed by atoms with Gasteiger partial charge in [0.05, 0.1) is 16.4 Å². The van der Waals surface area contributed by atoms with Gasteiger partial charge in [0.1, 0.15) is 0 Å². The Bertz CT molecular complexity index is 788. The zero-order chi connectivity index (χ0) is 14.4. The molecule has 21 heavy (non-hydrogen) atoms. The van der Waals surface area contributed by atoms with E-state index in [0.717, 1.165) is 40.0 Å². The minimum atomic E-state index is 0.653. The zero-order valence-corrected chi connectivity index (χ0v) is 13.2. The molecule has 0 saturated carbocycles. The Hall–Kier alpha value is -1.59. The van der Waals surface area contributed by atoms with Crippen molar-refractivity contribution in [1.29, 1.82) is 0 Å². The van der Waals surface area contributed by atoms with Gasteiger partial charge in [0, 0.05) is 36.8 Å². The van der Waals surface area contributed by atoms with Gasteiger partial charge >= 0.3 is 0 Å². The maximum absolute atomic E-state index is 6.03. The lowest BCUT2D eigenvalue weighted by Gasteiger charge is -2.39. The SMILES string of the molecule is Cc1cnn(CC2CN(c3nc4ccc(Cl)cc4s3)C2)c1. The zero-order valence-electron chi connectivity index (χ0n) is 11.7. The van der Waals surface area contributed by atoms with Crippen molar-refractivity contribution in [3.05, 3.63) is 41.2 Å². The fourth-order valence-corrected chi connectivity index (χ4v) is 3.95. The fraction of sp³-hybridized carbons (Fsp3) is 0.333. The molecule has 4 rings (SSSR count). The normalized spacial score (nSPS) is 15.6. The van der Waals surface area contributed by atoms with Crippen LogP contribution in [0.15, 0.2) is 30.6 Å². The summed E-state index contributed by atoms with van der Waals surface area (Å²) in [6, 6.07) is 5.87. The van der Waals surface area contributed by atoms with E-state index >= 15 is 0 Å². The van der Waals surface area contributed by atoms with E-state index < -0.39 is 0 Å². The number of benzene rings is 1. The molecule has 0 amide bonds. The van der Waals surface area contributed by atoms with Crippen molar-refractivity contribution in [2.24, 2.45) is 5.92 Å². The van der Waals surface area contributed by atoms with Gasteiger partial charge in [-0.3, -0.25) is 4.68 Å². The van der Waals surface area contributed by atoms with Crippen molar-refractivity contribution in [1.82, 2.24) is 14.8 Å². The van der Waals surface area contributed by atoms with Crippen molar-refractivity contribution < 1.29 is 0 Å². The second kappa shape index (κ2) is 5.00. The van der Waals surface area contributed by atoms with Crippen molar-refractivity contribution in [2.75, 3.05) is 18.0 Å². The maximum atomic E-state index is 6.03. The molecule has 4 nitrogen and oxygen atoms in total. The highest BCUT2D eigenvalue weighted by Crippen LogP contribution is 2.34. The van der Waals surface area contributed by atoms with E-state index in [4.69, 9.17) is 11.6 Å². The molecular weight excluding hydrogens is 304 g/mol. The molecule has 2 aromatic heterocycles. The lowest BCUT2D eigenvalue weighted by molar-refractivity contribution is 0.342. The summed E-state index contributed by atoms with van der Waals surface area (Å²) in [5.74, 6) is 0.653. The first kappa shape index (κ1) is 13.1. The van der Waals surface area contributed by atoms with Gasteiger partial charge in [0.2, 0.25) is 0 Å². The van der Waals surface area contributed by atoms with Crippen LogP contribution in [0.1, 0.15) is 5.56 Å². The molecule has 0 bridgehead atoms. The van der Waals surface area contributed by atoms with Gasteiger partial charge in [-0.2, -0.15) is 5.10 Å². The van der Waals surface area contributed by atoms with E-state index in [1.165, 1.54) is 5.56 Å². The number of anilines is 1. The van der Waals surface area contributed by atoms with Crippen LogP contribution in [-0.4, -0.2) is 27.9 Å². The van der Waals surface area contributed by atoms with Crippen LogP contribution < -0.4 is 4.90 Å². The number of aromatic nitrogens is 3. The summed E-state index contributed by atoms with van der Waals surface area (Å²) in [6.45, 7) is 5.16. The summed E-state index contributed by atoms with van der Waals surface area (Å²) < 4.78 is 3.19. The Morgan fingerprint density at radius 3 is 3.00 bits per heavy atom. The number of aryl methyl sites for hydroxylation is 1. The van der Waals surface area contributed by atoms with Crippen LogP contribution in [0.2, 0.25) is 5.02 Å². The van der Waals surface area contributed by atoms with E-state index in [1.807, 2.05) is 29.1 Å². The number of halogens is 1. The summed E-state index contributed by atoms with van der Waals surface area (Å²) in [5, 5.41) is 6.22. The molecule has 0 aliphatic carbocycles. The minimum absolute atomic E-state index is 0.653. The van der Waals surface area contributed by atoms with E-state index in [1.54, 1.807) is 11.3 Å². The second-order valence-electron chi connectivity index (χ2n) is 5.62. The number of rotatable bonds is 3. The molecule has 1 saturated heterocycles. The van der Waals surface area contributed by atoms with E-state index in [9.17, 15) is 0 Å². The Kier molecular flexibility index (Phi) is 3.12. The third-order valence-corrected chi connectivity index (χ3v) is 5.09. The number of hydrogen-bond donors (Lipinski definition) is 0. The van der Waals surface area contributed by atoms with Gasteiger partial charge < -0.3 is 4.90 Å². The second-order valence-corrected chi connectivity index (χ2v) is 7.06. The first-order valence-electron chi connectivity index (χ1n) is 6.97. The average molecular weight is 319 g/mol. The minimum Gasteiger partial charge on any atom is -0.347 e. The number of fused-ring (bicyclic) bond motifs is 1. The Morgan fingerprint density at radius 2 is 2.24 bits per heavy atom. The number of thiazole rings is 1. The molecule has 108 valence electrons. The molecule has 3 aromatic rings. The monoisotopic (exact) mass is 318 g/mol. The Morgan fingerprint density at radius 1 is 1.38 bits per heavy atom. The predicted molar refractivity (Wildman–Crippen MR) is 87.3 cm³/mol. The molecule has 0 spiro atoms. The van der Waals surface area contributed by atoms with Crippen molar-refractivity contribution in [3.8, 4) is 0 Å². The van der Waals surface area contributed by atoms with Crippen LogP contribution in [0.3, 0.4) is 0 Å². The molecular formula is C15H15ClN4S. The molecule has 0 N–H and O–H groups in total. The molecule has 0 radical (unpaired) electrons. The quantitative estimate of drug-likeness (QED) is 0.740. The van der Waals surface area contributed by atoms with Gasteiger partial charge in [-0.1, -0.05) is 22.9 Å². The molecule has 1 fully saturated rings. The van der Waals surface area contributed by atoms with Crippen molar-refractivity contribution >= 4 is 38.3 Å². The van der Waals surface area contributed by atoms with Crippen LogP contribution in [-0.2, 0) is 6.54 Å². The fourth-order valence-electron chi connectivity index (χ4n) is 2.69. The van der Waals surface area contributed by atoms with E-state index in [2.05, 4.69) is 28.1 Å². The highest BCUT2D eigenvalue weighted by Gasteiger charge is 2.29. The molecule has 1 aliphatic rings. The first-order valence-corrected chi connectivity index (χ1v) is 8.17. The molecule has 0 unspecified atom stereocenters. The Labute approximate surface area is 132 Å². The number of nitrogens with zero attached hydrogens (tertiary/aromatic N) is 4. The van der Waals surface area contributed by atoms with Crippen LogP contribution >= 0.6 is 22.9 Å². The third-order valence-electron chi connectivity index (χ3n) is 3.77. The standard InChI is InChI=1S/C15H15ClN4S/c1-10-5-17-20(6-10)9-11-7-19(8-11)15-18-13-3-2-12(16)4-14(13)21-15/h2-6,11H,7-9H2,1H3. The largest absolute Gasteiger partial charge is 0.347 e. The average Bonchev–Trinajstić information content (AvgIpc) is 2.98. The highest BCUT2D eigenvalue weighted by atomic mass is 35.5. The molecule has 1 aliphatic heterocycles. The Balaban J connectivity index is 1.44. The topological polar surface area (TPSA) is 34.0 Å². The van der Waals surface area contributed by atoms with Gasteiger partial charge in [-0.25, -0.2) is 4.98 Å². The van der Waals surface area contributed by atoms with Crippen LogP contribution in [0.5, 0.6) is 0 Å². The van der Waals surface area contributed by atoms with Gasteiger partial charge in [0.25, 0.3) is 0 Å². The predicted octanol–water partition coefficient (Wildman–Crippen LogP) is 3.59. The summed E-state index contributed by atoms with van der Waals surface area (Å²) >= 11 is 7.74. The van der Waals surface area contributed by atoms with Crippen LogP contribution in [0.4, 0.5) is 5.13 Å². The molecule has 3 heterocycles.